The number of aliphatic hydroxyl groups is 1. The monoisotopic (exact) mass is 302 g/mol. The Hall–Kier alpha value is -2.04. The number of halogens is 1. The summed E-state index contributed by atoms with van der Waals surface area (Å²) in [4.78, 5) is 15.3. The Bertz CT molecular complexity index is 747. The number of benzene rings is 1. The topological polar surface area (TPSA) is 65.1 Å². The molecule has 0 fully saturated rings. The summed E-state index contributed by atoms with van der Waals surface area (Å²) < 4.78 is 0. The van der Waals surface area contributed by atoms with Gasteiger partial charge in [-0.05, 0) is 48.7 Å². The highest BCUT2D eigenvalue weighted by Crippen LogP contribution is 2.35. The van der Waals surface area contributed by atoms with Gasteiger partial charge in [0.05, 0.1) is 5.57 Å². The summed E-state index contributed by atoms with van der Waals surface area (Å²) in [5.74, 6) is -0.144. The summed E-state index contributed by atoms with van der Waals surface area (Å²) in [6.07, 6.45) is 4.25. The Morgan fingerprint density at radius 1 is 1.38 bits per heavy atom. The van der Waals surface area contributed by atoms with E-state index in [0.29, 0.717) is 17.0 Å². The summed E-state index contributed by atoms with van der Waals surface area (Å²) in [5.41, 5.74) is 5.08. The number of aryl methyl sites for hydroxylation is 1. The SMILES string of the molecule is Cc1c[nH]c(C=C2C(=O)Nc3ccc(Cl)cc32)c1CCO. The number of carbonyl (C=O) groups is 1. The Morgan fingerprint density at radius 2 is 2.19 bits per heavy atom. The van der Waals surface area contributed by atoms with E-state index in [4.69, 9.17) is 16.7 Å². The molecule has 2 aromatic rings. The zero-order valence-electron chi connectivity index (χ0n) is 11.5. The molecule has 3 rings (SSSR count). The maximum absolute atomic E-state index is 12.1. The van der Waals surface area contributed by atoms with Gasteiger partial charge in [-0.2, -0.15) is 0 Å². The first-order valence-electron chi connectivity index (χ1n) is 6.71. The molecule has 1 amide bonds. The molecule has 0 unspecified atom stereocenters. The van der Waals surface area contributed by atoms with E-state index in [-0.39, 0.29) is 12.5 Å². The van der Waals surface area contributed by atoms with Gasteiger partial charge in [0.2, 0.25) is 0 Å². The summed E-state index contributed by atoms with van der Waals surface area (Å²) >= 11 is 6.02. The van der Waals surface area contributed by atoms with Crippen LogP contribution in [0.25, 0.3) is 11.6 Å². The van der Waals surface area contributed by atoms with Crippen molar-refractivity contribution >= 4 is 34.8 Å². The van der Waals surface area contributed by atoms with Gasteiger partial charge in [-0.15, -0.1) is 0 Å². The Balaban J connectivity index is 2.09. The first-order chi connectivity index (χ1) is 10.1. The van der Waals surface area contributed by atoms with E-state index in [1.165, 1.54) is 0 Å². The number of aromatic nitrogens is 1. The minimum absolute atomic E-state index is 0.0729. The maximum atomic E-state index is 12.1. The van der Waals surface area contributed by atoms with Crippen LogP contribution in [0.5, 0.6) is 0 Å². The van der Waals surface area contributed by atoms with Crippen molar-refractivity contribution < 1.29 is 9.90 Å². The van der Waals surface area contributed by atoms with Crippen LogP contribution in [-0.4, -0.2) is 22.6 Å². The normalized spacial score (nSPS) is 15.4. The Kier molecular flexibility index (Phi) is 3.57. The number of rotatable bonds is 3. The second-order valence-corrected chi connectivity index (χ2v) is 5.48. The molecule has 2 heterocycles. The van der Waals surface area contributed by atoms with Crippen LogP contribution in [0.4, 0.5) is 5.69 Å². The van der Waals surface area contributed by atoms with E-state index in [2.05, 4.69) is 10.3 Å². The molecule has 0 saturated carbocycles. The van der Waals surface area contributed by atoms with Gasteiger partial charge in [0.1, 0.15) is 0 Å². The van der Waals surface area contributed by atoms with Gasteiger partial charge in [-0.3, -0.25) is 4.79 Å². The molecular formula is C16H15ClN2O2. The fourth-order valence-corrected chi connectivity index (χ4v) is 2.77. The van der Waals surface area contributed by atoms with Crippen LogP contribution in [0.3, 0.4) is 0 Å². The third kappa shape index (κ3) is 2.48. The molecule has 1 aromatic heterocycles. The minimum atomic E-state index is -0.144. The van der Waals surface area contributed by atoms with Crippen LogP contribution < -0.4 is 5.32 Å². The number of fused-ring (bicyclic) bond motifs is 1. The lowest BCUT2D eigenvalue weighted by molar-refractivity contribution is -0.110. The molecule has 3 N–H and O–H groups in total. The van der Waals surface area contributed by atoms with Crippen LogP contribution in [0.15, 0.2) is 24.4 Å². The fraction of sp³-hybridized carbons (Fsp3) is 0.188. The van der Waals surface area contributed by atoms with Gasteiger partial charge in [0.25, 0.3) is 5.91 Å². The molecule has 5 heteroatoms. The number of hydrogen-bond donors (Lipinski definition) is 3. The molecule has 0 bridgehead atoms. The van der Waals surface area contributed by atoms with Gasteiger partial charge < -0.3 is 15.4 Å². The van der Waals surface area contributed by atoms with Crippen molar-refractivity contribution in [3.63, 3.8) is 0 Å². The van der Waals surface area contributed by atoms with E-state index in [9.17, 15) is 4.79 Å². The molecule has 0 atom stereocenters. The zero-order valence-corrected chi connectivity index (χ0v) is 12.3. The first-order valence-corrected chi connectivity index (χ1v) is 7.08. The van der Waals surface area contributed by atoms with Gasteiger partial charge in [0, 0.05) is 34.8 Å². The lowest BCUT2D eigenvalue weighted by Crippen LogP contribution is -2.04. The lowest BCUT2D eigenvalue weighted by Gasteiger charge is -2.02. The number of anilines is 1. The number of amides is 1. The highest BCUT2D eigenvalue weighted by molar-refractivity contribution is 6.36. The molecule has 0 saturated heterocycles. The quantitative estimate of drug-likeness (QED) is 0.763. The number of nitrogens with one attached hydrogen (secondary N) is 2. The third-order valence-corrected chi connectivity index (χ3v) is 3.90. The Morgan fingerprint density at radius 3 is 2.95 bits per heavy atom. The standard InChI is InChI=1S/C16H15ClN2O2/c1-9-8-18-15(11(9)4-5-20)7-13-12-6-10(17)2-3-14(12)19-16(13)21/h2-3,6-8,18,20H,4-5H2,1H3,(H,19,21). The average Bonchev–Trinajstić information content (AvgIpc) is 2.94. The van der Waals surface area contributed by atoms with E-state index in [0.717, 1.165) is 28.1 Å². The van der Waals surface area contributed by atoms with Crippen molar-refractivity contribution in [2.45, 2.75) is 13.3 Å². The summed E-state index contributed by atoms with van der Waals surface area (Å²) in [5, 5.41) is 12.6. The molecule has 4 nitrogen and oxygen atoms in total. The zero-order chi connectivity index (χ0) is 15.0. The van der Waals surface area contributed by atoms with Gasteiger partial charge in [-0.1, -0.05) is 11.6 Å². The average molecular weight is 303 g/mol. The number of aliphatic hydroxyl groups excluding tert-OH is 1. The summed E-state index contributed by atoms with van der Waals surface area (Å²) in [7, 11) is 0. The predicted octanol–water partition coefficient (Wildman–Crippen LogP) is 3.00. The molecule has 0 aliphatic carbocycles. The number of carbonyl (C=O) groups excluding carboxylic acids is 1. The second-order valence-electron chi connectivity index (χ2n) is 5.04. The van der Waals surface area contributed by atoms with Crippen molar-refractivity contribution in [3.05, 3.63) is 51.8 Å². The van der Waals surface area contributed by atoms with Gasteiger partial charge >= 0.3 is 0 Å². The van der Waals surface area contributed by atoms with E-state index in [1.54, 1.807) is 18.2 Å². The van der Waals surface area contributed by atoms with Crippen LogP contribution in [0.2, 0.25) is 5.02 Å². The lowest BCUT2D eigenvalue weighted by atomic mass is 10.0. The molecule has 108 valence electrons. The summed E-state index contributed by atoms with van der Waals surface area (Å²) in [6.45, 7) is 2.05. The van der Waals surface area contributed by atoms with E-state index >= 15 is 0 Å². The fourth-order valence-electron chi connectivity index (χ4n) is 2.59. The molecule has 0 spiro atoms. The van der Waals surface area contributed by atoms with Gasteiger partial charge in [0.15, 0.2) is 0 Å². The molecule has 0 radical (unpaired) electrons. The maximum Gasteiger partial charge on any atom is 0.256 e. The second kappa shape index (κ2) is 5.39. The molecule has 1 aliphatic heterocycles. The Labute approximate surface area is 127 Å². The van der Waals surface area contributed by atoms with Crippen molar-refractivity contribution in [3.8, 4) is 0 Å². The van der Waals surface area contributed by atoms with Crippen LogP contribution in [-0.2, 0) is 11.2 Å². The highest BCUT2D eigenvalue weighted by atomic mass is 35.5. The third-order valence-electron chi connectivity index (χ3n) is 3.66. The highest BCUT2D eigenvalue weighted by Gasteiger charge is 2.24. The van der Waals surface area contributed by atoms with Gasteiger partial charge in [-0.25, -0.2) is 0 Å². The van der Waals surface area contributed by atoms with Crippen molar-refractivity contribution in [1.29, 1.82) is 0 Å². The van der Waals surface area contributed by atoms with Crippen LogP contribution >= 0.6 is 11.6 Å². The van der Waals surface area contributed by atoms with Crippen molar-refractivity contribution in [2.24, 2.45) is 0 Å². The molecule has 21 heavy (non-hydrogen) atoms. The van der Waals surface area contributed by atoms with E-state index in [1.807, 2.05) is 19.2 Å². The van der Waals surface area contributed by atoms with E-state index < -0.39 is 0 Å². The molecular weight excluding hydrogens is 288 g/mol. The predicted molar refractivity (Wildman–Crippen MR) is 84.3 cm³/mol. The minimum Gasteiger partial charge on any atom is -0.396 e. The first kappa shape index (κ1) is 13.9. The largest absolute Gasteiger partial charge is 0.396 e. The van der Waals surface area contributed by atoms with Crippen molar-refractivity contribution in [1.82, 2.24) is 4.98 Å². The number of aromatic amines is 1. The molecule has 1 aliphatic rings. The number of hydrogen-bond acceptors (Lipinski definition) is 2. The van der Waals surface area contributed by atoms with Crippen molar-refractivity contribution in [2.75, 3.05) is 11.9 Å². The van der Waals surface area contributed by atoms with Crippen LogP contribution in [0.1, 0.15) is 22.4 Å². The molecule has 1 aromatic carbocycles. The number of H-pyrrole nitrogens is 1. The van der Waals surface area contributed by atoms with Crippen LogP contribution in [0, 0.1) is 6.92 Å². The smallest absolute Gasteiger partial charge is 0.256 e. The summed E-state index contributed by atoms with van der Waals surface area (Å²) in [6, 6.07) is 5.33.